The van der Waals surface area contributed by atoms with E-state index in [4.69, 9.17) is 9.84 Å². The van der Waals surface area contributed by atoms with E-state index < -0.39 is 12.8 Å². The summed E-state index contributed by atoms with van der Waals surface area (Å²) in [7, 11) is 0. The molecule has 0 saturated carbocycles. The summed E-state index contributed by atoms with van der Waals surface area (Å²) < 4.78 is 41.2. The van der Waals surface area contributed by atoms with Gasteiger partial charge in [-0.2, -0.15) is 24.9 Å². The lowest BCUT2D eigenvalue weighted by Gasteiger charge is -2.13. The SMILES string of the molecule is CC(CO)CSCc1ccccc1OCC(F)(F)F. The monoisotopic (exact) mass is 294 g/mol. The van der Waals surface area contributed by atoms with Crippen LogP contribution < -0.4 is 4.74 Å². The predicted octanol–water partition coefficient (Wildman–Crippen LogP) is 3.49. The molecular weight excluding hydrogens is 277 g/mol. The normalized spacial score (nSPS) is 13.3. The molecule has 0 aliphatic carbocycles. The molecule has 19 heavy (non-hydrogen) atoms. The summed E-state index contributed by atoms with van der Waals surface area (Å²) in [6.07, 6.45) is -4.33. The predicted molar refractivity (Wildman–Crippen MR) is 70.4 cm³/mol. The number of aliphatic hydroxyl groups is 1. The van der Waals surface area contributed by atoms with E-state index in [2.05, 4.69) is 0 Å². The number of hydrogen-bond acceptors (Lipinski definition) is 3. The van der Waals surface area contributed by atoms with E-state index in [9.17, 15) is 13.2 Å². The lowest BCUT2D eigenvalue weighted by Crippen LogP contribution is -2.19. The first-order valence-corrected chi connectivity index (χ1v) is 7.04. The second-order valence-electron chi connectivity index (χ2n) is 4.31. The molecular formula is C13H17F3O2S. The Morgan fingerprint density at radius 3 is 2.63 bits per heavy atom. The van der Waals surface area contributed by atoms with Crippen molar-refractivity contribution in [2.24, 2.45) is 5.92 Å². The molecule has 1 rings (SSSR count). The van der Waals surface area contributed by atoms with E-state index in [0.717, 1.165) is 11.3 Å². The lowest BCUT2D eigenvalue weighted by molar-refractivity contribution is -0.153. The third-order valence-electron chi connectivity index (χ3n) is 2.34. The van der Waals surface area contributed by atoms with Gasteiger partial charge in [-0.1, -0.05) is 25.1 Å². The minimum absolute atomic E-state index is 0.110. The number of alkyl halides is 3. The minimum Gasteiger partial charge on any atom is -0.484 e. The van der Waals surface area contributed by atoms with Gasteiger partial charge in [0.15, 0.2) is 6.61 Å². The molecule has 0 bridgehead atoms. The molecule has 1 atom stereocenters. The van der Waals surface area contributed by atoms with Gasteiger partial charge < -0.3 is 9.84 Å². The molecule has 1 N–H and O–H groups in total. The topological polar surface area (TPSA) is 29.5 Å². The summed E-state index contributed by atoms with van der Waals surface area (Å²) in [5, 5.41) is 8.90. The van der Waals surface area contributed by atoms with Gasteiger partial charge in [-0.05, 0) is 17.7 Å². The van der Waals surface area contributed by atoms with Gasteiger partial charge in [0.05, 0.1) is 0 Å². The quantitative estimate of drug-likeness (QED) is 0.834. The Morgan fingerprint density at radius 1 is 1.32 bits per heavy atom. The first kappa shape index (κ1) is 16.2. The summed E-state index contributed by atoms with van der Waals surface area (Å²) in [5.41, 5.74) is 0.738. The number of rotatable bonds is 7. The number of benzene rings is 1. The van der Waals surface area contributed by atoms with Gasteiger partial charge in [0.2, 0.25) is 0 Å². The van der Waals surface area contributed by atoms with Crippen molar-refractivity contribution in [2.75, 3.05) is 19.0 Å². The van der Waals surface area contributed by atoms with E-state index in [1.807, 2.05) is 6.92 Å². The molecule has 0 aromatic heterocycles. The van der Waals surface area contributed by atoms with Crippen LogP contribution in [-0.4, -0.2) is 30.2 Å². The van der Waals surface area contributed by atoms with Gasteiger partial charge in [0.1, 0.15) is 5.75 Å². The Bertz CT molecular complexity index is 382. The number of para-hydroxylation sites is 1. The number of hydrogen-bond donors (Lipinski definition) is 1. The molecule has 0 heterocycles. The van der Waals surface area contributed by atoms with Crippen LogP contribution in [0, 0.1) is 5.92 Å². The number of halogens is 3. The molecule has 1 aromatic rings. The molecule has 0 aliphatic heterocycles. The Balaban J connectivity index is 2.53. The molecule has 108 valence electrons. The van der Waals surface area contributed by atoms with Crippen molar-refractivity contribution >= 4 is 11.8 Å². The van der Waals surface area contributed by atoms with Gasteiger partial charge in [0, 0.05) is 17.9 Å². The molecule has 6 heteroatoms. The van der Waals surface area contributed by atoms with E-state index in [1.54, 1.807) is 30.0 Å². The highest BCUT2D eigenvalue weighted by atomic mass is 32.2. The maximum Gasteiger partial charge on any atom is 0.422 e. The van der Waals surface area contributed by atoms with E-state index in [0.29, 0.717) is 5.75 Å². The zero-order valence-corrected chi connectivity index (χ0v) is 11.4. The van der Waals surface area contributed by atoms with E-state index >= 15 is 0 Å². The average Bonchev–Trinajstić information content (AvgIpc) is 2.36. The molecule has 0 saturated heterocycles. The first-order chi connectivity index (χ1) is 8.92. The summed E-state index contributed by atoms with van der Waals surface area (Å²) in [5.74, 6) is 1.76. The smallest absolute Gasteiger partial charge is 0.422 e. The number of aliphatic hydroxyl groups excluding tert-OH is 1. The third kappa shape index (κ3) is 6.73. The van der Waals surface area contributed by atoms with Crippen LogP contribution in [0.3, 0.4) is 0 Å². The largest absolute Gasteiger partial charge is 0.484 e. The van der Waals surface area contributed by atoms with Gasteiger partial charge in [-0.3, -0.25) is 0 Å². The van der Waals surface area contributed by atoms with Gasteiger partial charge in [-0.15, -0.1) is 0 Å². The van der Waals surface area contributed by atoms with Crippen molar-refractivity contribution in [1.82, 2.24) is 0 Å². The highest BCUT2D eigenvalue weighted by molar-refractivity contribution is 7.98. The van der Waals surface area contributed by atoms with E-state index in [-0.39, 0.29) is 18.3 Å². The van der Waals surface area contributed by atoms with Crippen LogP contribution in [0.2, 0.25) is 0 Å². The van der Waals surface area contributed by atoms with Crippen molar-refractivity contribution in [3.63, 3.8) is 0 Å². The molecule has 2 nitrogen and oxygen atoms in total. The Morgan fingerprint density at radius 2 is 2.00 bits per heavy atom. The molecule has 0 fully saturated rings. The number of ether oxygens (including phenoxy) is 1. The van der Waals surface area contributed by atoms with Crippen molar-refractivity contribution in [1.29, 1.82) is 0 Å². The fraction of sp³-hybridized carbons (Fsp3) is 0.538. The summed E-state index contributed by atoms with van der Waals surface area (Å²) in [4.78, 5) is 0. The highest BCUT2D eigenvalue weighted by Gasteiger charge is 2.28. The van der Waals surface area contributed by atoms with Crippen molar-refractivity contribution in [3.8, 4) is 5.75 Å². The first-order valence-electron chi connectivity index (χ1n) is 5.88. The average molecular weight is 294 g/mol. The minimum atomic E-state index is -4.33. The molecule has 0 spiro atoms. The van der Waals surface area contributed by atoms with Crippen molar-refractivity contribution < 1.29 is 23.0 Å². The molecule has 0 radical (unpaired) electrons. The number of thioether (sulfide) groups is 1. The standard InChI is InChI=1S/C13H17F3O2S/c1-10(6-17)7-19-8-11-4-2-3-5-12(11)18-9-13(14,15)16/h2-5,10,17H,6-9H2,1H3. The fourth-order valence-corrected chi connectivity index (χ4v) is 2.43. The van der Waals surface area contributed by atoms with Crippen LogP contribution >= 0.6 is 11.8 Å². The van der Waals surface area contributed by atoms with Crippen LogP contribution in [0.5, 0.6) is 5.75 Å². The Hall–Kier alpha value is -0.880. The lowest BCUT2D eigenvalue weighted by atomic mass is 10.2. The molecule has 1 unspecified atom stereocenters. The summed E-state index contributed by atoms with van der Waals surface area (Å²) in [6, 6.07) is 6.71. The second-order valence-corrected chi connectivity index (χ2v) is 5.34. The maximum atomic E-state index is 12.1. The van der Waals surface area contributed by atoms with Crippen LogP contribution in [0.1, 0.15) is 12.5 Å². The molecule has 1 aromatic carbocycles. The fourth-order valence-electron chi connectivity index (χ4n) is 1.35. The zero-order chi connectivity index (χ0) is 14.3. The Kier molecular flexibility index (Phi) is 6.51. The molecule has 0 amide bonds. The maximum absolute atomic E-state index is 12.1. The van der Waals surface area contributed by atoms with Gasteiger partial charge >= 0.3 is 6.18 Å². The van der Waals surface area contributed by atoms with Crippen molar-refractivity contribution in [2.45, 2.75) is 18.9 Å². The van der Waals surface area contributed by atoms with Crippen LogP contribution in [0.4, 0.5) is 13.2 Å². The van der Waals surface area contributed by atoms with Gasteiger partial charge in [0.25, 0.3) is 0 Å². The zero-order valence-electron chi connectivity index (χ0n) is 10.6. The van der Waals surface area contributed by atoms with Crippen LogP contribution in [0.15, 0.2) is 24.3 Å². The summed E-state index contributed by atoms with van der Waals surface area (Å²) >= 11 is 1.57. The third-order valence-corrected chi connectivity index (χ3v) is 3.66. The Labute approximate surface area is 115 Å². The van der Waals surface area contributed by atoms with Gasteiger partial charge in [-0.25, -0.2) is 0 Å². The highest BCUT2D eigenvalue weighted by Crippen LogP contribution is 2.26. The summed E-state index contributed by atoms with van der Waals surface area (Å²) in [6.45, 7) is 0.750. The second kappa shape index (κ2) is 7.65. The van der Waals surface area contributed by atoms with E-state index in [1.165, 1.54) is 6.07 Å². The van der Waals surface area contributed by atoms with Crippen LogP contribution in [0.25, 0.3) is 0 Å². The van der Waals surface area contributed by atoms with Crippen molar-refractivity contribution in [3.05, 3.63) is 29.8 Å². The van der Waals surface area contributed by atoms with Crippen LogP contribution in [-0.2, 0) is 5.75 Å². The molecule has 0 aliphatic rings.